The highest BCUT2D eigenvalue weighted by molar-refractivity contribution is 5.91. The maximum absolute atomic E-state index is 11.9. The molecule has 0 spiro atoms. The molecule has 0 unspecified atom stereocenters. The second-order valence-corrected chi connectivity index (χ2v) is 5.25. The monoisotopic (exact) mass is 277 g/mol. The van der Waals surface area contributed by atoms with Crippen molar-refractivity contribution in [3.63, 3.8) is 0 Å². The minimum absolute atomic E-state index is 0.0227. The Morgan fingerprint density at radius 3 is 2.90 bits per heavy atom. The van der Waals surface area contributed by atoms with Crippen molar-refractivity contribution in [1.29, 1.82) is 0 Å². The van der Waals surface area contributed by atoms with Gasteiger partial charge in [-0.1, -0.05) is 6.07 Å². The lowest BCUT2D eigenvalue weighted by Crippen LogP contribution is -2.38. The number of benzene rings is 1. The molecule has 1 fully saturated rings. The van der Waals surface area contributed by atoms with E-state index in [0.717, 1.165) is 38.3 Å². The molecule has 0 radical (unpaired) electrons. The number of nitrogens with zero attached hydrogens (tertiary/aromatic N) is 1. The highest BCUT2D eigenvalue weighted by atomic mass is 16.5. The van der Waals surface area contributed by atoms with Crippen LogP contribution in [-0.2, 0) is 9.53 Å². The summed E-state index contributed by atoms with van der Waals surface area (Å²) in [5.74, 6) is 0.0227. The summed E-state index contributed by atoms with van der Waals surface area (Å²) in [4.78, 5) is 14.2. The van der Waals surface area contributed by atoms with Gasteiger partial charge in [-0.25, -0.2) is 0 Å². The largest absolute Gasteiger partial charge is 0.399 e. The van der Waals surface area contributed by atoms with E-state index >= 15 is 0 Å². The highest BCUT2D eigenvalue weighted by Crippen LogP contribution is 2.14. The number of carbonyl (C=O) groups excluding carboxylic acids is 1. The maximum Gasteiger partial charge on any atom is 0.225 e. The summed E-state index contributed by atoms with van der Waals surface area (Å²) >= 11 is 0. The van der Waals surface area contributed by atoms with Crippen LogP contribution in [0.5, 0.6) is 0 Å². The number of hydrogen-bond acceptors (Lipinski definition) is 4. The van der Waals surface area contributed by atoms with Crippen LogP contribution in [0.25, 0.3) is 0 Å². The Hall–Kier alpha value is -1.59. The summed E-state index contributed by atoms with van der Waals surface area (Å²) in [5.41, 5.74) is 7.09. The van der Waals surface area contributed by atoms with E-state index in [1.807, 2.05) is 12.1 Å². The van der Waals surface area contributed by atoms with Crippen molar-refractivity contribution in [3.05, 3.63) is 24.3 Å². The lowest BCUT2D eigenvalue weighted by atomic mass is 10.1. The van der Waals surface area contributed by atoms with E-state index in [-0.39, 0.29) is 5.91 Å². The quantitative estimate of drug-likeness (QED) is 0.804. The molecule has 1 heterocycles. The molecule has 1 aromatic rings. The molecule has 0 saturated carbocycles. The van der Waals surface area contributed by atoms with Crippen LogP contribution in [0.2, 0.25) is 0 Å². The van der Waals surface area contributed by atoms with E-state index < -0.39 is 0 Å². The van der Waals surface area contributed by atoms with Gasteiger partial charge in [0.05, 0.1) is 0 Å². The molecule has 110 valence electrons. The fraction of sp³-hybridized carbons (Fsp3) is 0.533. The zero-order chi connectivity index (χ0) is 14.4. The van der Waals surface area contributed by atoms with Gasteiger partial charge in [0.15, 0.2) is 0 Å². The van der Waals surface area contributed by atoms with Gasteiger partial charge in [-0.05, 0) is 38.1 Å². The first-order valence-corrected chi connectivity index (χ1v) is 7.08. The van der Waals surface area contributed by atoms with Crippen molar-refractivity contribution in [3.8, 4) is 0 Å². The van der Waals surface area contributed by atoms with Crippen LogP contribution in [0.15, 0.2) is 24.3 Å². The van der Waals surface area contributed by atoms with Gasteiger partial charge in [-0.2, -0.15) is 0 Å². The molecule has 20 heavy (non-hydrogen) atoms. The number of rotatable bonds is 5. The van der Waals surface area contributed by atoms with Crippen molar-refractivity contribution in [2.75, 3.05) is 37.9 Å². The van der Waals surface area contributed by atoms with Crippen LogP contribution in [-0.4, -0.2) is 43.7 Å². The Morgan fingerprint density at radius 1 is 1.45 bits per heavy atom. The van der Waals surface area contributed by atoms with E-state index in [9.17, 15) is 4.79 Å². The first-order chi connectivity index (χ1) is 9.65. The van der Waals surface area contributed by atoms with Gasteiger partial charge in [-0.3, -0.25) is 4.79 Å². The molecule has 0 atom stereocenters. The topological polar surface area (TPSA) is 67.6 Å². The molecule has 1 saturated heterocycles. The summed E-state index contributed by atoms with van der Waals surface area (Å²) in [7, 11) is 2.07. The van der Waals surface area contributed by atoms with Crippen molar-refractivity contribution in [2.24, 2.45) is 0 Å². The Bertz CT molecular complexity index is 444. The van der Waals surface area contributed by atoms with Crippen molar-refractivity contribution >= 4 is 17.3 Å². The Labute approximate surface area is 120 Å². The van der Waals surface area contributed by atoms with Crippen LogP contribution in [0.3, 0.4) is 0 Å². The summed E-state index contributed by atoms with van der Waals surface area (Å²) in [6.45, 7) is 2.41. The summed E-state index contributed by atoms with van der Waals surface area (Å²) < 4.78 is 5.35. The predicted molar refractivity (Wildman–Crippen MR) is 80.6 cm³/mol. The van der Waals surface area contributed by atoms with Gasteiger partial charge >= 0.3 is 0 Å². The number of anilines is 2. The Kier molecular flexibility index (Phi) is 5.38. The van der Waals surface area contributed by atoms with Crippen molar-refractivity contribution in [2.45, 2.75) is 25.3 Å². The van der Waals surface area contributed by atoms with Gasteiger partial charge in [0, 0.05) is 43.6 Å². The molecule has 5 heteroatoms. The van der Waals surface area contributed by atoms with Gasteiger partial charge < -0.3 is 20.7 Å². The maximum atomic E-state index is 11.9. The van der Waals surface area contributed by atoms with Gasteiger partial charge in [0.1, 0.15) is 0 Å². The molecule has 1 amide bonds. The third kappa shape index (κ3) is 4.51. The number of ether oxygens (including phenoxy) is 1. The number of nitrogens with two attached hydrogens (primary N) is 1. The third-order valence-corrected chi connectivity index (χ3v) is 3.68. The van der Waals surface area contributed by atoms with Crippen LogP contribution in [0.1, 0.15) is 19.3 Å². The average molecular weight is 277 g/mol. The molecule has 2 rings (SSSR count). The molecule has 1 aliphatic heterocycles. The lowest BCUT2D eigenvalue weighted by molar-refractivity contribution is -0.116. The van der Waals surface area contributed by atoms with Crippen LogP contribution >= 0.6 is 0 Å². The van der Waals surface area contributed by atoms with E-state index in [0.29, 0.717) is 18.2 Å². The van der Waals surface area contributed by atoms with Gasteiger partial charge in [-0.15, -0.1) is 0 Å². The van der Waals surface area contributed by atoms with Crippen LogP contribution in [0.4, 0.5) is 11.4 Å². The second kappa shape index (κ2) is 7.26. The Balaban J connectivity index is 1.74. The van der Waals surface area contributed by atoms with E-state index in [1.165, 1.54) is 0 Å². The van der Waals surface area contributed by atoms with E-state index in [4.69, 9.17) is 10.5 Å². The lowest BCUT2D eigenvalue weighted by Gasteiger charge is -2.30. The molecular weight excluding hydrogens is 254 g/mol. The predicted octanol–water partition coefficient (Wildman–Crippen LogP) is 1.71. The normalized spacial score (nSPS) is 16.3. The average Bonchev–Trinajstić information content (AvgIpc) is 2.46. The van der Waals surface area contributed by atoms with Crippen molar-refractivity contribution in [1.82, 2.24) is 4.90 Å². The minimum Gasteiger partial charge on any atom is -0.399 e. The Morgan fingerprint density at radius 2 is 2.20 bits per heavy atom. The number of nitrogens with one attached hydrogen (secondary N) is 1. The smallest absolute Gasteiger partial charge is 0.225 e. The molecule has 1 aliphatic rings. The molecular formula is C15H23N3O2. The zero-order valence-electron chi connectivity index (χ0n) is 12.0. The van der Waals surface area contributed by atoms with Crippen molar-refractivity contribution < 1.29 is 9.53 Å². The molecule has 3 N–H and O–H groups in total. The third-order valence-electron chi connectivity index (χ3n) is 3.68. The molecule has 5 nitrogen and oxygen atoms in total. The zero-order valence-corrected chi connectivity index (χ0v) is 12.0. The fourth-order valence-corrected chi connectivity index (χ4v) is 2.43. The fourth-order valence-electron chi connectivity index (χ4n) is 2.43. The standard InChI is InChI=1S/C15H23N3O2/c1-18(14-6-9-20-10-7-14)8-5-15(19)17-13-4-2-3-12(16)11-13/h2-4,11,14H,5-10,16H2,1H3,(H,17,19). The van der Waals surface area contributed by atoms with E-state index in [1.54, 1.807) is 12.1 Å². The highest BCUT2D eigenvalue weighted by Gasteiger charge is 2.18. The first-order valence-electron chi connectivity index (χ1n) is 7.08. The SMILES string of the molecule is CN(CCC(=O)Nc1cccc(N)c1)C1CCOCC1. The first kappa shape index (κ1) is 14.8. The number of nitrogen functional groups attached to an aromatic ring is 1. The molecule has 0 aliphatic carbocycles. The molecule has 1 aromatic carbocycles. The molecule has 0 aromatic heterocycles. The minimum atomic E-state index is 0.0227. The molecule has 0 bridgehead atoms. The second-order valence-electron chi connectivity index (χ2n) is 5.25. The van der Waals surface area contributed by atoms with Gasteiger partial charge in [0.2, 0.25) is 5.91 Å². The number of carbonyl (C=O) groups is 1. The number of amides is 1. The van der Waals surface area contributed by atoms with Gasteiger partial charge in [0.25, 0.3) is 0 Å². The van der Waals surface area contributed by atoms with Crippen LogP contribution < -0.4 is 11.1 Å². The summed E-state index contributed by atoms with van der Waals surface area (Å²) in [6, 6.07) is 7.77. The number of hydrogen-bond donors (Lipinski definition) is 2. The summed E-state index contributed by atoms with van der Waals surface area (Å²) in [6.07, 6.45) is 2.59. The van der Waals surface area contributed by atoms with E-state index in [2.05, 4.69) is 17.3 Å². The van der Waals surface area contributed by atoms with Crippen LogP contribution in [0, 0.1) is 0 Å². The summed E-state index contributed by atoms with van der Waals surface area (Å²) in [5, 5.41) is 2.87.